The average molecular weight is 443 g/mol. The van der Waals surface area contributed by atoms with Gasteiger partial charge in [-0.3, -0.25) is 4.79 Å². The molecule has 0 saturated carbocycles. The summed E-state index contributed by atoms with van der Waals surface area (Å²) in [6, 6.07) is 13.1. The van der Waals surface area contributed by atoms with Gasteiger partial charge in [0.2, 0.25) is 0 Å². The normalized spacial score (nSPS) is 11.5. The number of amides is 3. The Morgan fingerprint density at radius 2 is 1.81 bits per heavy atom. The number of anilines is 1. The van der Waals surface area contributed by atoms with Gasteiger partial charge in [0.25, 0.3) is 5.91 Å². The number of nitrogens with zero attached hydrogens (tertiary/aromatic N) is 2. The highest BCUT2D eigenvalue weighted by Gasteiger charge is 2.27. The molecule has 3 aromatic rings. The number of urea groups is 1. The summed E-state index contributed by atoms with van der Waals surface area (Å²) in [5.41, 5.74) is 1.64. The van der Waals surface area contributed by atoms with E-state index in [9.17, 15) is 9.59 Å². The van der Waals surface area contributed by atoms with Crippen LogP contribution in [0.5, 0.6) is 5.75 Å². The van der Waals surface area contributed by atoms with Crippen molar-refractivity contribution >= 4 is 29.2 Å². The van der Waals surface area contributed by atoms with Crippen LogP contribution in [0.4, 0.5) is 10.5 Å². The second kappa shape index (κ2) is 9.99. The van der Waals surface area contributed by atoms with Crippen molar-refractivity contribution in [1.29, 1.82) is 0 Å². The molecule has 2 N–H and O–H groups in total. The molecule has 0 aliphatic carbocycles. The average Bonchev–Trinajstić information content (AvgIpc) is 3.24. The van der Waals surface area contributed by atoms with E-state index >= 15 is 0 Å². The summed E-state index contributed by atoms with van der Waals surface area (Å²) in [4.78, 5) is 30.7. The molecule has 2 aromatic carbocycles. The van der Waals surface area contributed by atoms with Gasteiger partial charge in [0, 0.05) is 31.2 Å². The largest absolute Gasteiger partial charge is 0.497 e. The molecule has 0 saturated heterocycles. The zero-order valence-corrected chi connectivity index (χ0v) is 18.1. The molecule has 0 aliphatic heterocycles. The van der Waals surface area contributed by atoms with Gasteiger partial charge in [-0.15, -0.1) is 0 Å². The van der Waals surface area contributed by atoms with Crippen molar-refractivity contribution in [2.24, 2.45) is 0 Å². The van der Waals surface area contributed by atoms with E-state index in [0.29, 0.717) is 17.1 Å². The van der Waals surface area contributed by atoms with Crippen molar-refractivity contribution < 1.29 is 18.7 Å². The van der Waals surface area contributed by atoms with Crippen molar-refractivity contribution in [3.63, 3.8) is 0 Å². The predicted molar refractivity (Wildman–Crippen MR) is 118 cm³/mol. The lowest BCUT2D eigenvalue weighted by atomic mass is 10.0. The van der Waals surface area contributed by atoms with Crippen LogP contribution >= 0.6 is 11.6 Å². The number of halogens is 1. The maximum absolute atomic E-state index is 12.7. The number of carbonyl (C=O) groups excluding carboxylic acids is 2. The number of aromatic nitrogens is 1. The molecule has 1 heterocycles. The van der Waals surface area contributed by atoms with Crippen molar-refractivity contribution in [1.82, 2.24) is 15.2 Å². The lowest BCUT2D eigenvalue weighted by Crippen LogP contribution is -2.35. The number of rotatable bonds is 7. The van der Waals surface area contributed by atoms with E-state index < -0.39 is 12.1 Å². The van der Waals surface area contributed by atoms with E-state index in [1.54, 1.807) is 45.5 Å². The smallest absolute Gasteiger partial charge is 0.319 e. The first-order chi connectivity index (χ1) is 14.9. The van der Waals surface area contributed by atoms with Crippen molar-refractivity contribution in [2.75, 3.05) is 26.5 Å². The Balaban J connectivity index is 1.85. The minimum Gasteiger partial charge on any atom is -0.497 e. The molecule has 0 bridgehead atoms. The SMILES string of the molecule is COc1ccc(C[C@H](NC(=O)Nc2ccc(Cl)cc2)c2ocnc2C(=O)N(C)C)cc1. The van der Waals surface area contributed by atoms with Crippen LogP contribution in [0.15, 0.2) is 59.3 Å². The summed E-state index contributed by atoms with van der Waals surface area (Å²) < 4.78 is 10.7. The minimum absolute atomic E-state index is 0.148. The summed E-state index contributed by atoms with van der Waals surface area (Å²) in [7, 11) is 4.84. The Morgan fingerprint density at radius 3 is 2.42 bits per heavy atom. The van der Waals surface area contributed by atoms with Gasteiger partial charge in [0.15, 0.2) is 17.8 Å². The van der Waals surface area contributed by atoms with E-state index in [-0.39, 0.29) is 17.4 Å². The first-order valence-electron chi connectivity index (χ1n) is 9.48. The summed E-state index contributed by atoms with van der Waals surface area (Å²) in [6.07, 6.45) is 1.58. The van der Waals surface area contributed by atoms with Crippen LogP contribution in [-0.2, 0) is 6.42 Å². The Bertz CT molecular complexity index is 1030. The quantitative estimate of drug-likeness (QED) is 0.573. The highest BCUT2D eigenvalue weighted by molar-refractivity contribution is 6.30. The van der Waals surface area contributed by atoms with Gasteiger partial charge in [-0.05, 0) is 42.0 Å². The summed E-state index contributed by atoms with van der Waals surface area (Å²) in [6.45, 7) is 0. The maximum atomic E-state index is 12.7. The Hall–Kier alpha value is -3.52. The fourth-order valence-electron chi connectivity index (χ4n) is 2.94. The molecular formula is C22H23ClN4O4. The van der Waals surface area contributed by atoms with Gasteiger partial charge in [0.1, 0.15) is 5.75 Å². The molecule has 0 unspecified atom stereocenters. The van der Waals surface area contributed by atoms with Crippen molar-refractivity contribution in [2.45, 2.75) is 12.5 Å². The van der Waals surface area contributed by atoms with Gasteiger partial charge in [-0.1, -0.05) is 23.7 Å². The molecule has 0 fully saturated rings. The minimum atomic E-state index is -0.637. The van der Waals surface area contributed by atoms with Gasteiger partial charge in [-0.25, -0.2) is 9.78 Å². The Morgan fingerprint density at radius 1 is 1.13 bits per heavy atom. The zero-order chi connectivity index (χ0) is 22.4. The second-order valence-electron chi connectivity index (χ2n) is 6.97. The zero-order valence-electron chi connectivity index (χ0n) is 17.4. The van der Waals surface area contributed by atoms with Gasteiger partial charge in [-0.2, -0.15) is 0 Å². The first kappa shape index (κ1) is 22.2. The summed E-state index contributed by atoms with van der Waals surface area (Å²) in [5.74, 6) is 0.682. The number of ether oxygens (including phenoxy) is 1. The molecule has 3 amide bonds. The van der Waals surface area contributed by atoms with Crippen molar-refractivity contribution in [3.05, 3.63) is 77.0 Å². The molecule has 0 aliphatic rings. The van der Waals surface area contributed by atoms with E-state index in [4.69, 9.17) is 20.8 Å². The molecule has 162 valence electrons. The second-order valence-corrected chi connectivity index (χ2v) is 7.41. The van der Waals surface area contributed by atoms with E-state index in [2.05, 4.69) is 15.6 Å². The fourth-order valence-corrected chi connectivity index (χ4v) is 3.07. The highest BCUT2D eigenvalue weighted by Crippen LogP contribution is 2.24. The standard InChI is InChI=1S/C22H23ClN4O4/c1-27(2)21(28)19-20(31-13-24-19)18(12-14-4-10-17(30-3)11-5-14)26-22(29)25-16-8-6-15(23)7-9-16/h4-11,13,18H,12H2,1-3H3,(H2,25,26,29)/t18-/m0/s1. The van der Waals surface area contributed by atoms with Crippen LogP contribution in [0.1, 0.15) is 27.9 Å². The van der Waals surface area contributed by atoms with Crippen LogP contribution < -0.4 is 15.4 Å². The molecule has 31 heavy (non-hydrogen) atoms. The van der Waals surface area contributed by atoms with E-state index in [0.717, 1.165) is 11.3 Å². The number of carbonyl (C=O) groups is 2. The summed E-state index contributed by atoms with van der Waals surface area (Å²) >= 11 is 5.89. The first-order valence-corrected chi connectivity index (χ1v) is 9.86. The molecule has 0 radical (unpaired) electrons. The van der Waals surface area contributed by atoms with Crippen LogP contribution in [-0.4, -0.2) is 43.0 Å². The lowest BCUT2D eigenvalue weighted by molar-refractivity contribution is 0.0819. The van der Waals surface area contributed by atoms with E-state index in [1.807, 2.05) is 24.3 Å². The van der Waals surface area contributed by atoms with Crippen LogP contribution in [0.3, 0.4) is 0 Å². The fraction of sp³-hybridized carbons (Fsp3) is 0.227. The van der Waals surface area contributed by atoms with E-state index in [1.165, 1.54) is 11.3 Å². The van der Waals surface area contributed by atoms with Crippen molar-refractivity contribution in [3.8, 4) is 5.75 Å². The molecular weight excluding hydrogens is 420 g/mol. The number of oxazole rings is 1. The number of hydrogen-bond acceptors (Lipinski definition) is 5. The molecule has 1 atom stereocenters. The third-order valence-electron chi connectivity index (χ3n) is 4.53. The Labute approximate surface area is 185 Å². The lowest BCUT2D eigenvalue weighted by Gasteiger charge is -2.19. The summed E-state index contributed by atoms with van der Waals surface area (Å²) in [5, 5.41) is 6.19. The van der Waals surface area contributed by atoms with Crippen LogP contribution in [0.2, 0.25) is 5.02 Å². The highest BCUT2D eigenvalue weighted by atomic mass is 35.5. The monoisotopic (exact) mass is 442 g/mol. The molecule has 3 rings (SSSR count). The van der Waals surface area contributed by atoms with Gasteiger partial charge in [0.05, 0.1) is 13.2 Å². The molecule has 0 spiro atoms. The van der Waals surface area contributed by atoms with Gasteiger partial charge < -0.3 is 24.7 Å². The van der Waals surface area contributed by atoms with Gasteiger partial charge >= 0.3 is 6.03 Å². The number of nitrogens with one attached hydrogen (secondary N) is 2. The third kappa shape index (κ3) is 5.76. The van der Waals surface area contributed by atoms with Crippen LogP contribution in [0.25, 0.3) is 0 Å². The number of hydrogen-bond donors (Lipinski definition) is 2. The Kier molecular flexibility index (Phi) is 7.15. The number of methoxy groups -OCH3 is 1. The maximum Gasteiger partial charge on any atom is 0.319 e. The number of benzene rings is 2. The molecule has 8 nitrogen and oxygen atoms in total. The molecule has 1 aromatic heterocycles. The third-order valence-corrected chi connectivity index (χ3v) is 4.78. The molecule has 9 heteroatoms. The topological polar surface area (TPSA) is 96.7 Å². The van der Waals surface area contributed by atoms with Crippen LogP contribution in [0, 0.1) is 0 Å². The predicted octanol–water partition coefficient (Wildman–Crippen LogP) is 4.14.